The number of hydrogen-bond donors (Lipinski definition) is 2. The number of aromatic amines is 1. The van der Waals surface area contributed by atoms with Crippen LogP contribution in [0.5, 0.6) is 0 Å². The van der Waals surface area contributed by atoms with E-state index in [-0.39, 0.29) is 17.9 Å². The van der Waals surface area contributed by atoms with Gasteiger partial charge in [0.1, 0.15) is 5.69 Å². The first-order valence-corrected chi connectivity index (χ1v) is 5.66. The molecule has 106 valence electrons. The lowest BCUT2D eigenvalue weighted by Gasteiger charge is -2.06. The van der Waals surface area contributed by atoms with Crippen molar-refractivity contribution >= 4 is 11.7 Å². The standard InChI is InChI=1S/C13H11F3N2O2/c1-20-13(19)11-3-2-7(18-11)6-17-8-4-9(14)12(16)10(15)5-8/h2-5,17-18H,6H2,1H3. The average molecular weight is 284 g/mol. The van der Waals surface area contributed by atoms with E-state index in [1.807, 2.05) is 0 Å². The maximum atomic E-state index is 13.0. The predicted molar refractivity (Wildman–Crippen MR) is 65.8 cm³/mol. The first kappa shape index (κ1) is 14.0. The number of ether oxygens (including phenoxy) is 1. The molecule has 2 aromatic rings. The van der Waals surface area contributed by atoms with Crippen molar-refractivity contribution in [3.05, 3.63) is 53.1 Å². The van der Waals surface area contributed by atoms with Crippen molar-refractivity contribution in [2.45, 2.75) is 6.54 Å². The number of rotatable bonds is 4. The third-order valence-electron chi connectivity index (χ3n) is 2.62. The van der Waals surface area contributed by atoms with E-state index in [1.165, 1.54) is 13.2 Å². The Morgan fingerprint density at radius 3 is 2.50 bits per heavy atom. The van der Waals surface area contributed by atoms with E-state index >= 15 is 0 Å². The summed E-state index contributed by atoms with van der Waals surface area (Å²) in [5.74, 6) is -4.57. The maximum absolute atomic E-state index is 13.0. The molecule has 0 aliphatic heterocycles. The Labute approximate surface area is 112 Å². The zero-order chi connectivity index (χ0) is 14.7. The van der Waals surface area contributed by atoms with Gasteiger partial charge in [-0.25, -0.2) is 18.0 Å². The van der Waals surface area contributed by atoms with Gasteiger partial charge in [0, 0.05) is 23.5 Å². The van der Waals surface area contributed by atoms with Crippen LogP contribution in [0.1, 0.15) is 16.2 Å². The first-order valence-electron chi connectivity index (χ1n) is 5.66. The quantitative estimate of drug-likeness (QED) is 0.670. The van der Waals surface area contributed by atoms with Gasteiger partial charge in [0.25, 0.3) is 0 Å². The second kappa shape index (κ2) is 5.68. The summed E-state index contributed by atoms with van der Waals surface area (Å²) >= 11 is 0. The zero-order valence-electron chi connectivity index (χ0n) is 10.5. The molecule has 4 nitrogen and oxygen atoms in total. The van der Waals surface area contributed by atoms with Crippen LogP contribution >= 0.6 is 0 Å². The van der Waals surface area contributed by atoms with Gasteiger partial charge >= 0.3 is 5.97 Å². The van der Waals surface area contributed by atoms with Gasteiger partial charge < -0.3 is 15.0 Å². The largest absolute Gasteiger partial charge is 0.464 e. The van der Waals surface area contributed by atoms with Gasteiger partial charge in [-0.05, 0) is 12.1 Å². The molecule has 0 radical (unpaired) electrons. The molecule has 2 rings (SSSR count). The molecule has 7 heteroatoms. The molecule has 0 atom stereocenters. The highest BCUT2D eigenvalue weighted by Crippen LogP contribution is 2.18. The Kier molecular flexibility index (Phi) is 3.97. The fourth-order valence-corrected chi connectivity index (χ4v) is 1.63. The molecule has 0 fully saturated rings. The lowest BCUT2D eigenvalue weighted by molar-refractivity contribution is 0.0594. The Morgan fingerprint density at radius 2 is 1.90 bits per heavy atom. The van der Waals surface area contributed by atoms with Gasteiger partial charge in [-0.3, -0.25) is 0 Å². The van der Waals surface area contributed by atoms with Crippen LogP contribution in [0.3, 0.4) is 0 Å². The van der Waals surface area contributed by atoms with E-state index in [4.69, 9.17) is 0 Å². The van der Waals surface area contributed by atoms with Crippen LogP contribution in [0.2, 0.25) is 0 Å². The number of hydrogen-bond acceptors (Lipinski definition) is 3. The molecule has 0 unspecified atom stereocenters. The summed E-state index contributed by atoms with van der Waals surface area (Å²) in [7, 11) is 1.26. The van der Waals surface area contributed by atoms with Crippen LogP contribution in [0.4, 0.5) is 18.9 Å². The van der Waals surface area contributed by atoms with E-state index in [0.29, 0.717) is 5.69 Å². The molecule has 2 N–H and O–H groups in total. The molecule has 1 aromatic heterocycles. The average Bonchev–Trinajstić information content (AvgIpc) is 2.90. The monoisotopic (exact) mass is 284 g/mol. The van der Waals surface area contributed by atoms with Crippen molar-refractivity contribution in [3.8, 4) is 0 Å². The molecule has 0 aliphatic carbocycles. The molecule has 1 heterocycles. The van der Waals surface area contributed by atoms with Crippen molar-refractivity contribution in [2.24, 2.45) is 0 Å². The van der Waals surface area contributed by atoms with E-state index in [2.05, 4.69) is 15.0 Å². The van der Waals surface area contributed by atoms with Crippen molar-refractivity contribution in [3.63, 3.8) is 0 Å². The van der Waals surface area contributed by atoms with E-state index < -0.39 is 23.4 Å². The number of benzene rings is 1. The summed E-state index contributed by atoms with van der Waals surface area (Å²) in [6.45, 7) is 0.182. The van der Waals surface area contributed by atoms with Crippen LogP contribution in [0.15, 0.2) is 24.3 Å². The number of nitrogens with one attached hydrogen (secondary N) is 2. The van der Waals surface area contributed by atoms with Gasteiger partial charge in [0.15, 0.2) is 17.5 Å². The Hall–Kier alpha value is -2.44. The molecular formula is C13H11F3N2O2. The van der Waals surface area contributed by atoms with Gasteiger partial charge in [0.05, 0.1) is 13.7 Å². The summed E-state index contributed by atoms with van der Waals surface area (Å²) in [6, 6.07) is 4.84. The minimum absolute atomic E-state index is 0.0932. The molecule has 0 amide bonds. The number of H-pyrrole nitrogens is 1. The molecule has 0 spiro atoms. The fourth-order valence-electron chi connectivity index (χ4n) is 1.63. The summed E-state index contributed by atoms with van der Waals surface area (Å²) in [6.07, 6.45) is 0. The lowest BCUT2D eigenvalue weighted by atomic mass is 10.2. The number of methoxy groups -OCH3 is 1. The molecular weight excluding hydrogens is 273 g/mol. The molecule has 0 saturated heterocycles. The molecule has 1 aromatic carbocycles. The minimum Gasteiger partial charge on any atom is -0.464 e. The third-order valence-corrected chi connectivity index (χ3v) is 2.62. The predicted octanol–water partition coefficient (Wildman–Crippen LogP) is 2.83. The normalized spacial score (nSPS) is 10.4. The zero-order valence-corrected chi connectivity index (χ0v) is 10.5. The lowest BCUT2D eigenvalue weighted by Crippen LogP contribution is -2.04. The SMILES string of the molecule is COC(=O)c1ccc(CNc2cc(F)c(F)c(F)c2)[nH]1. The van der Waals surface area contributed by atoms with E-state index in [9.17, 15) is 18.0 Å². The Balaban J connectivity index is 2.05. The second-order valence-electron chi connectivity index (χ2n) is 4.00. The number of carbonyl (C=O) groups excluding carboxylic acids is 1. The summed E-state index contributed by atoms with van der Waals surface area (Å²) in [5, 5.41) is 2.71. The Morgan fingerprint density at radius 1 is 1.25 bits per heavy atom. The smallest absolute Gasteiger partial charge is 0.354 e. The van der Waals surface area contributed by atoms with Crippen LogP contribution < -0.4 is 5.32 Å². The highest BCUT2D eigenvalue weighted by Gasteiger charge is 2.11. The number of esters is 1. The highest BCUT2D eigenvalue weighted by molar-refractivity contribution is 5.87. The van der Waals surface area contributed by atoms with Gasteiger partial charge in [-0.2, -0.15) is 0 Å². The summed E-state index contributed by atoms with van der Waals surface area (Å²) in [5.41, 5.74) is 0.965. The fraction of sp³-hybridized carbons (Fsp3) is 0.154. The molecule has 0 saturated carbocycles. The van der Waals surface area contributed by atoms with Crippen molar-refractivity contribution in [1.82, 2.24) is 4.98 Å². The first-order chi connectivity index (χ1) is 9.51. The van der Waals surface area contributed by atoms with Crippen molar-refractivity contribution in [1.29, 1.82) is 0 Å². The number of carbonyl (C=O) groups is 1. The number of aromatic nitrogens is 1. The summed E-state index contributed by atoms with van der Waals surface area (Å²) < 4.78 is 43.3. The van der Waals surface area contributed by atoms with Crippen LogP contribution in [-0.4, -0.2) is 18.1 Å². The van der Waals surface area contributed by atoms with Crippen molar-refractivity contribution < 1.29 is 22.7 Å². The number of halogens is 3. The number of anilines is 1. The van der Waals surface area contributed by atoms with Crippen molar-refractivity contribution in [2.75, 3.05) is 12.4 Å². The maximum Gasteiger partial charge on any atom is 0.354 e. The van der Waals surface area contributed by atoms with Gasteiger partial charge in [-0.15, -0.1) is 0 Å². The minimum atomic E-state index is -1.51. The molecule has 20 heavy (non-hydrogen) atoms. The van der Waals surface area contributed by atoms with E-state index in [1.54, 1.807) is 6.07 Å². The third kappa shape index (κ3) is 2.93. The molecule has 0 bridgehead atoms. The molecule has 0 aliphatic rings. The highest BCUT2D eigenvalue weighted by atomic mass is 19.2. The van der Waals surface area contributed by atoms with Crippen LogP contribution in [-0.2, 0) is 11.3 Å². The second-order valence-corrected chi connectivity index (χ2v) is 4.00. The van der Waals surface area contributed by atoms with Gasteiger partial charge in [-0.1, -0.05) is 0 Å². The van der Waals surface area contributed by atoms with Gasteiger partial charge in [0.2, 0.25) is 0 Å². The Bertz CT molecular complexity index is 617. The summed E-state index contributed by atoms with van der Waals surface area (Å²) in [4.78, 5) is 14.0. The van der Waals surface area contributed by atoms with Crippen LogP contribution in [0.25, 0.3) is 0 Å². The topological polar surface area (TPSA) is 54.1 Å². The van der Waals surface area contributed by atoms with E-state index in [0.717, 1.165) is 12.1 Å². The van der Waals surface area contributed by atoms with Crippen LogP contribution in [0, 0.1) is 17.5 Å².